The molecule has 118 valence electrons. The van der Waals surface area contributed by atoms with Gasteiger partial charge in [0.15, 0.2) is 11.5 Å². The van der Waals surface area contributed by atoms with Gasteiger partial charge in [0.25, 0.3) is 0 Å². The molecule has 0 atom stereocenters. The lowest BCUT2D eigenvalue weighted by molar-refractivity contribution is 0.0701. The van der Waals surface area contributed by atoms with Crippen LogP contribution < -0.4 is 9.47 Å². The number of benzene rings is 1. The van der Waals surface area contributed by atoms with Gasteiger partial charge in [0.2, 0.25) is 0 Å². The first-order valence-electron chi connectivity index (χ1n) is 7.22. The summed E-state index contributed by atoms with van der Waals surface area (Å²) in [6, 6.07) is 7.50. The summed E-state index contributed by atoms with van der Waals surface area (Å²) in [7, 11) is 0. The number of aromatic carboxylic acids is 1. The topological polar surface area (TPSA) is 68.7 Å². The zero-order chi connectivity index (χ0) is 15.9. The van der Waals surface area contributed by atoms with E-state index in [0.29, 0.717) is 48.1 Å². The van der Waals surface area contributed by atoms with Crippen LogP contribution in [0.1, 0.15) is 34.2 Å². The Hall–Kier alpha value is -2.08. The van der Waals surface area contributed by atoms with Crippen LogP contribution in [0.3, 0.4) is 0 Å². The summed E-state index contributed by atoms with van der Waals surface area (Å²) in [5.74, 6) is 0.489. The van der Waals surface area contributed by atoms with Gasteiger partial charge in [-0.15, -0.1) is 11.3 Å². The molecule has 0 saturated heterocycles. The predicted octanol–water partition coefficient (Wildman–Crippen LogP) is 3.42. The van der Waals surface area contributed by atoms with Gasteiger partial charge in [0.1, 0.15) is 4.88 Å². The summed E-state index contributed by atoms with van der Waals surface area (Å²) in [6.07, 6.45) is 1.19. The molecule has 0 bridgehead atoms. The summed E-state index contributed by atoms with van der Waals surface area (Å²) in [5, 5.41) is 9.91. The number of aromatic nitrogens is 1. The molecular formula is C16H19NO4S. The zero-order valence-corrected chi connectivity index (χ0v) is 13.5. The Kier molecular flexibility index (Phi) is 5.77. The first kappa shape index (κ1) is 16.3. The molecular weight excluding hydrogens is 302 g/mol. The van der Waals surface area contributed by atoms with Crippen molar-refractivity contribution in [2.45, 2.75) is 26.7 Å². The van der Waals surface area contributed by atoms with Gasteiger partial charge < -0.3 is 14.6 Å². The molecule has 1 aromatic carbocycles. The van der Waals surface area contributed by atoms with Crippen molar-refractivity contribution in [3.05, 3.63) is 39.8 Å². The maximum Gasteiger partial charge on any atom is 0.347 e. The van der Waals surface area contributed by atoms with Crippen molar-refractivity contribution < 1.29 is 19.4 Å². The Morgan fingerprint density at radius 1 is 1.23 bits per heavy atom. The number of nitrogens with zero attached hydrogens (tertiary/aromatic N) is 1. The van der Waals surface area contributed by atoms with Crippen molar-refractivity contribution in [3.8, 4) is 11.5 Å². The van der Waals surface area contributed by atoms with E-state index < -0.39 is 5.97 Å². The van der Waals surface area contributed by atoms with Crippen LogP contribution in [0.15, 0.2) is 24.3 Å². The minimum absolute atomic E-state index is 0.326. The third kappa shape index (κ3) is 3.98. The van der Waals surface area contributed by atoms with Crippen molar-refractivity contribution in [2.24, 2.45) is 0 Å². The molecule has 0 unspecified atom stereocenters. The van der Waals surface area contributed by atoms with Crippen LogP contribution in [0.4, 0.5) is 0 Å². The highest BCUT2D eigenvalue weighted by Crippen LogP contribution is 2.27. The molecule has 2 aromatic rings. The monoisotopic (exact) mass is 321 g/mol. The number of ether oxygens (including phenoxy) is 2. The minimum atomic E-state index is -0.914. The Morgan fingerprint density at radius 3 is 2.45 bits per heavy atom. The van der Waals surface area contributed by atoms with Crippen molar-refractivity contribution in [2.75, 3.05) is 13.2 Å². The average Bonchev–Trinajstić information content (AvgIpc) is 2.93. The largest absolute Gasteiger partial charge is 0.490 e. The molecule has 1 heterocycles. The number of para-hydroxylation sites is 2. The van der Waals surface area contributed by atoms with Crippen LogP contribution in [0.2, 0.25) is 0 Å². The highest BCUT2D eigenvalue weighted by molar-refractivity contribution is 7.13. The summed E-state index contributed by atoms with van der Waals surface area (Å²) in [6.45, 7) is 4.83. The Balaban J connectivity index is 1.98. The van der Waals surface area contributed by atoms with Crippen LogP contribution in [0, 0.1) is 0 Å². The standard InChI is InChI=1S/C16H19NO4S/c1-3-11-15(16(18)19)22-14(17-11)9-10-21-13-8-6-5-7-12(13)20-4-2/h5-8H,3-4,9-10H2,1-2H3,(H,18,19). The van der Waals surface area contributed by atoms with Crippen LogP contribution in [-0.2, 0) is 12.8 Å². The van der Waals surface area contributed by atoms with Gasteiger partial charge in [-0.1, -0.05) is 19.1 Å². The molecule has 22 heavy (non-hydrogen) atoms. The van der Waals surface area contributed by atoms with Crippen LogP contribution in [0.25, 0.3) is 0 Å². The number of hydrogen-bond donors (Lipinski definition) is 1. The van der Waals surface area contributed by atoms with Gasteiger partial charge in [-0.3, -0.25) is 0 Å². The number of carbonyl (C=O) groups is 1. The fraction of sp³-hybridized carbons (Fsp3) is 0.375. The first-order chi connectivity index (χ1) is 10.7. The second kappa shape index (κ2) is 7.79. The smallest absolute Gasteiger partial charge is 0.347 e. The summed E-state index contributed by atoms with van der Waals surface area (Å²) >= 11 is 1.22. The number of hydrogen-bond acceptors (Lipinski definition) is 5. The van der Waals surface area contributed by atoms with Crippen LogP contribution in [-0.4, -0.2) is 29.3 Å². The quantitative estimate of drug-likeness (QED) is 0.807. The van der Waals surface area contributed by atoms with Gasteiger partial charge in [-0.2, -0.15) is 0 Å². The van der Waals surface area contributed by atoms with E-state index in [4.69, 9.17) is 14.6 Å². The molecule has 0 fully saturated rings. The number of carboxylic acid groups (broad SMARTS) is 1. The van der Waals surface area contributed by atoms with Crippen molar-refractivity contribution in [1.82, 2.24) is 4.98 Å². The normalized spacial score (nSPS) is 10.5. The minimum Gasteiger partial charge on any atom is -0.490 e. The van der Waals surface area contributed by atoms with Crippen molar-refractivity contribution >= 4 is 17.3 Å². The van der Waals surface area contributed by atoms with E-state index in [1.165, 1.54) is 11.3 Å². The van der Waals surface area contributed by atoms with Gasteiger partial charge in [0.05, 0.1) is 23.9 Å². The lowest BCUT2D eigenvalue weighted by atomic mass is 10.3. The second-order valence-corrected chi connectivity index (χ2v) is 5.60. The third-order valence-corrected chi connectivity index (χ3v) is 4.14. The fourth-order valence-corrected chi connectivity index (χ4v) is 2.98. The van der Waals surface area contributed by atoms with E-state index in [1.54, 1.807) is 0 Å². The molecule has 0 aliphatic heterocycles. The van der Waals surface area contributed by atoms with E-state index in [0.717, 1.165) is 5.01 Å². The summed E-state index contributed by atoms with van der Waals surface area (Å²) in [5.41, 5.74) is 0.641. The highest BCUT2D eigenvalue weighted by atomic mass is 32.1. The SMILES string of the molecule is CCOc1ccccc1OCCc1nc(CC)c(C(=O)O)s1. The van der Waals surface area contributed by atoms with E-state index in [2.05, 4.69) is 4.98 Å². The molecule has 0 aliphatic rings. The van der Waals surface area contributed by atoms with Gasteiger partial charge in [-0.25, -0.2) is 9.78 Å². The second-order valence-electron chi connectivity index (χ2n) is 4.52. The molecule has 1 N–H and O–H groups in total. The Labute approximate surface area is 133 Å². The first-order valence-corrected chi connectivity index (χ1v) is 8.03. The van der Waals surface area contributed by atoms with E-state index in [1.807, 2.05) is 38.1 Å². The molecule has 0 amide bonds. The average molecular weight is 321 g/mol. The lowest BCUT2D eigenvalue weighted by Crippen LogP contribution is -2.03. The van der Waals surface area contributed by atoms with Crippen LogP contribution in [0.5, 0.6) is 11.5 Å². The van der Waals surface area contributed by atoms with Gasteiger partial charge in [0, 0.05) is 6.42 Å². The van der Waals surface area contributed by atoms with E-state index in [-0.39, 0.29) is 0 Å². The molecule has 2 rings (SSSR count). The van der Waals surface area contributed by atoms with Gasteiger partial charge >= 0.3 is 5.97 Å². The van der Waals surface area contributed by atoms with Crippen molar-refractivity contribution in [1.29, 1.82) is 0 Å². The van der Waals surface area contributed by atoms with Crippen molar-refractivity contribution in [3.63, 3.8) is 0 Å². The predicted molar refractivity (Wildman–Crippen MR) is 85.3 cm³/mol. The maximum absolute atomic E-state index is 11.1. The molecule has 0 aliphatic carbocycles. The summed E-state index contributed by atoms with van der Waals surface area (Å²) < 4.78 is 11.2. The lowest BCUT2D eigenvalue weighted by Gasteiger charge is -2.10. The fourth-order valence-electron chi connectivity index (χ4n) is 2.01. The molecule has 0 spiro atoms. The number of thiazole rings is 1. The number of aryl methyl sites for hydroxylation is 1. The third-order valence-electron chi connectivity index (χ3n) is 2.99. The molecule has 0 radical (unpaired) electrons. The number of carboxylic acids is 1. The highest BCUT2D eigenvalue weighted by Gasteiger charge is 2.15. The Morgan fingerprint density at radius 2 is 1.91 bits per heavy atom. The van der Waals surface area contributed by atoms with Gasteiger partial charge in [-0.05, 0) is 25.5 Å². The number of rotatable bonds is 8. The molecule has 5 nitrogen and oxygen atoms in total. The molecule has 6 heteroatoms. The molecule has 1 aromatic heterocycles. The van der Waals surface area contributed by atoms with E-state index >= 15 is 0 Å². The van der Waals surface area contributed by atoms with Crippen LogP contribution >= 0.6 is 11.3 Å². The van der Waals surface area contributed by atoms with E-state index in [9.17, 15) is 4.79 Å². The summed E-state index contributed by atoms with van der Waals surface area (Å²) in [4.78, 5) is 15.8. The maximum atomic E-state index is 11.1. The zero-order valence-electron chi connectivity index (χ0n) is 12.7. The Bertz CT molecular complexity index is 639. The molecule has 0 saturated carbocycles.